The summed E-state index contributed by atoms with van der Waals surface area (Å²) in [5, 5.41) is 18.6. The Bertz CT molecular complexity index is 1240. The van der Waals surface area contributed by atoms with Crippen LogP contribution in [0.1, 0.15) is 51.9 Å². The molecule has 2 saturated heterocycles. The highest BCUT2D eigenvalue weighted by Gasteiger charge is 2.42. The molecule has 204 valence electrons. The molecule has 4 N–H and O–H groups in total. The number of amides is 3. The SMILES string of the molecule is C[C@@H](O)CCCCn1c(=O)c2c(ncn2C)n(CCNC(=O)CCCC[C@@H]2SC[C@@H]3NC(=O)N[C@@H]32)c1=O. The first kappa shape index (κ1) is 27.2. The second-order valence-corrected chi connectivity index (χ2v) is 11.3. The summed E-state index contributed by atoms with van der Waals surface area (Å²) in [5.74, 6) is 0.844. The summed E-state index contributed by atoms with van der Waals surface area (Å²) >= 11 is 1.87. The fourth-order valence-corrected chi connectivity index (χ4v) is 6.63. The third kappa shape index (κ3) is 6.38. The summed E-state index contributed by atoms with van der Waals surface area (Å²) in [6, 6.07) is 0.293. The van der Waals surface area contributed by atoms with Crippen molar-refractivity contribution in [1.82, 2.24) is 34.6 Å². The van der Waals surface area contributed by atoms with Crippen LogP contribution in [-0.2, 0) is 24.9 Å². The number of aryl methyl sites for hydroxylation is 1. The number of hydrogen-bond acceptors (Lipinski definition) is 7. The first-order chi connectivity index (χ1) is 17.8. The Morgan fingerprint density at radius 3 is 2.78 bits per heavy atom. The van der Waals surface area contributed by atoms with Crippen molar-refractivity contribution in [2.75, 3.05) is 12.3 Å². The van der Waals surface area contributed by atoms with Gasteiger partial charge in [-0.2, -0.15) is 11.8 Å². The minimum atomic E-state index is -0.441. The molecule has 2 aromatic heterocycles. The lowest BCUT2D eigenvalue weighted by molar-refractivity contribution is -0.121. The zero-order valence-electron chi connectivity index (χ0n) is 21.4. The zero-order valence-corrected chi connectivity index (χ0v) is 22.3. The summed E-state index contributed by atoms with van der Waals surface area (Å²) in [4.78, 5) is 54.2. The van der Waals surface area contributed by atoms with E-state index in [-0.39, 0.29) is 49.2 Å². The summed E-state index contributed by atoms with van der Waals surface area (Å²) in [6.45, 7) is 2.44. The van der Waals surface area contributed by atoms with Crippen LogP contribution in [0.15, 0.2) is 15.9 Å². The molecule has 4 rings (SSSR count). The number of hydrogen-bond donors (Lipinski definition) is 4. The number of aromatic nitrogens is 4. The van der Waals surface area contributed by atoms with Crippen molar-refractivity contribution in [3.8, 4) is 0 Å². The molecular formula is C24H37N7O5S. The molecular weight excluding hydrogens is 498 g/mol. The average Bonchev–Trinajstić information content (AvgIpc) is 3.52. The van der Waals surface area contributed by atoms with Crippen LogP contribution in [0.2, 0.25) is 0 Å². The van der Waals surface area contributed by atoms with Crippen LogP contribution >= 0.6 is 11.8 Å². The minimum Gasteiger partial charge on any atom is -0.393 e. The van der Waals surface area contributed by atoms with Gasteiger partial charge in [-0.05, 0) is 39.0 Å². The largest absolute Gasteiger partial charge is 0.393 e. The van der Waals surface area contributed by atoms with E-state index in [0.717, 1.165) is 25.0 Å². The van der Waals surface area contributed by atoms with Gasteiger partial charge in [0.1, 0.15) is 0 Å². The van der Waals surface area contributed by atoms with Gasteiger partial charge in [-0.1, -0.05) is 6.42 Å². The molecule has 2 fully saturated rings. The van der Waals surface area contributed by atoms with Gasteiger partial charge in [-0.25, -0.2) is 14.6 Å². The fourth-order valence-electron chi connectivity index (χ4n) is 5.09. The molecule has 0 saturated carbocycles. The first-order valence-electron chi connectivity index (χ1n) is 13.0. The van der Waals surface area contributed by atoms with Gasteiger partial charge in [0.25, 0.3) is 5.56 Å². The number of thioether (sulfide) groups is 1. The number of aliphatic hydroxyl groups excluding tert-OH is 1. The second-order valence-electron chi connectivity index (χ2n) is 9.98. The molecule has 3 amide bonds. The third-order valence-electron chi connectivity index (χ3n) is 7.07. The third-order valence-corrected chi connectivity index (χ3v) is 8.58. The Morgan fingerprint density at radius 1 is 1.19 bits per heavy atom. The van der Waals surface area contributed by atoms with Crippen molar-refractivity contribution < 1.29 is 14.7 Å². The molecule has 4 atom stereocenters. The van der Waals surface area contributed by atoms with E-state index in [1.54, 1.807) is 18.5 Å². The van der Waals surface area contributed by atoms with Gasteiger partial charge in [-0.15, -0.1) is 0 Å². The van der Waals surface area contributed by atoms with E-state index >= 15 is 0 Å². The number of nitrogens with one attached hydrogen (secondary N) is 3. The molecule has 12 nitrogen and oxygen atoms in total. The number of carbonyl (C=O) groups excluding carboxylic acids is 2. The summed E-state index contributed by atoms with van der Waals surface area (Å²) in [5.41, 5.74) is -0.157. The number of aliphatic hydroxyl groups is 1. The maximum Gasteiger partial charge on any atom is 0.332 e. The number of unbranched alkanes of at least 4 members (excludes halogenated alkanes) is 2. The van der Waals surface area contributed by atoms with Gasteiger partial charge in [0.15, 0.2) is 11.2 Å². The Balaban J connectivity index is 1.27. The lowest BCUT2D eigenvalue weighted by atomic mass is 10.0. The number of imidazole rings is 1. The number of carbonyl (C=O) groups is 2. The highest BCUT2D eigenvalue weighted by molar-refractivity contribution is 8.00. The molecule has 0 unspecified atom stereocenters. The average molecular weight is 536 g/mol. The van der Waals surface area contributed by atoms with Gasteiger partial charge in [0, 0.05) is 44.1 Å². The predicted molar refractivity (Wildman–Crippen MR) is 142 cm³/mol. The Labute approximate surface area is 219 Å². The lowest BCUT2D eigenvalue weighted by Gasteiger charge is -2.16. The molecule has 0 aliphatic carbocycles. The normalized spacial score (nSPS) is 21.6. The number of rotatable bonds is 13. The molecule has 2 aromatic rings. The highest BCUT2D eigenvalue weighted by atomic mass is 32.2. The smallest absolute Gasteiger partial charge is 0.332 e. The van der Waals surface area contributed by atoms with E-state index in [2.05, 4.69) is 20.9 Å². The van der Waals surface area contributed by atoms with E-state index in [1.807, 2.05) is 11.8 Å². The van der Waals surface area contributed by atoms with Crippen molar-refractivity contribution >= 4 is 34.9 Å². The van der Waals surface area contributed by atoms with Crippen molar-refractivity contribution in [3.63, 3.8) is 0 Å². The zero-order chi connectivity index (χ0) is 26.5. The summed E-state index contributed by atoms with van der Waals surface area (Å²) in [6.07, 6.45) is 6.01. The van der Waals surface area contributed by atoms with Crippen molar-refractivity contribution in [2.45, 2.75) is 88.4 Å². The fraction of sp³-hybridized carbons (Fsp3) is 0.708. The molecule has 37 heavy (non-hydrogen) atoms. The molecule has 2 aliphatic rings. The maximum absolute atomic E-state index is 13.1. The number of fused-ring (bicyclic) bond motifs is 2. The van der Waals surface area contributed by atoms with Crippen LogP contribution in [0, 0.1) is 0 Å². The maximum atomic E-state index is 13.1. The quantitative estimate of drug-likeness (QED) is 0.212. The van der Waals surface area contributed by atoms with E-state index < -0.39 is 11.8 Å². The van der Waals surface area contributed by atoms with Crippen molar-refractivity contribution in [1.29, 1.82) is 0 Å². The van der Waals surface area contributed by atoms with E-state index in [4.69, 9.17) is 0 Å². The molecule has 0 spiro atoms. The van der Waals surface area contributed by atoms with Crippen LogP contribution in [-0.4, -0.2) is 71.5 Å². The topological polar surface area (TPSA) is 152 Å². The van der Waals surface area contributed by atoms with Crippen LogP contribution in [0.3, 0.4) is 0 Å². The van der Waals surface area contributed by atoms with E-state index in [0.29, 0.717) is 42.1 Å². The lowest BCUT2D eigenvalue weighted by Crippen LogP contribution is -2.42. The molecule has 4 heterocycles. The van der Waals surface area contributed by atoms with Gasteiger partial charge in [0.2, 0.25) is 5.91 Å². The minimum absolute atomic E-state index is 0.0791. The molecule has 2 aliphatic heterocycles. The Morgan fingerprint density at radius 2 is 2.00 bits per heavy atom. The van der Waals surface area contributed by atoms with Gasteiger partial charge in [0.05, 0.1) is 24.5 Å². The van der Waals surface area contributed by atoms with Gasteiger partial charge in [-0.3, -0.25) is 18.7 Å². The van der Waals surface area contributed by atoms with Crippen LogP contribution < -0.4 is 27.2 Å². The standard InChI is InChI=1S/C24H37N7O5S/c1-15(32)7-5-6-11-31-22(34)20-21(26-14-29(20)2)30(24(31)36)12-10-25-18(33)9-4-3-8-17-19-16(13-37-17)27-23(35)28-19/h14-17,19,32H,3-13H2,1-2H3,(H,25,33)(H2,27,28,35)/t15-,16+,17+,19+/m1/s1. The van der Waals surface area contributed by atoms with Gasteiger partial charge < -0.3 is 25.6 Å². The highest BCUT2D eigenvalue weighted by Crippen LogP contribution is 2.33. The van der Waals surface area contributed by atoms with Gasteiger partial charge >= 0.3 is 11.7 Å². The summed E-state index contributed by atoms with van der Waals surface area (Å²) < 4.78 is 4.28. The summed E-state index contributed by atoms with van der Waals surface area (Å²) in [7, 11) is 1.71. The molecule has 13 heteroatoms. The van der Waals surface area contributed by atoms with Crippen LogP contribution in [0.5, 0.6) is 0 Å². The first-order valence-corrected chi connectivity index (χ1v) is 14.1. The van der Waals surface area contributed by atoms with E-state index in [9.17, 15) is 24.3 Å². The molecule has 0 radical (unpaired) electrons. The van der Waals surface area contributed by atoms with Crippen LogP contribution in [0.4, 0.5) is 4.79 Å². The van der Waals surface area contributed by atoms with Crippen molar-refractivity contribution in [3.05, 3.63) is 27.2 Å². The number of urea groups is 1. The Kier molecular flexibility index (Phi) is 8.95. The van der Waals surface area contributed by atoms with Crippen molar-refractivity contribution in [2.24, 2.45) is 7.05 Å². The molecule has 0 aromatic carbocycles. The second kappa shape index (κ2) is 12.2. The number of nitrogens with zero attached hydrogens (tertiary/aromatic N) is 4. The van der Waals surface area contributed by atoms with Crippen LogP contribution in [0.25, 0.3) is 11.2 Å². The Hall–Kier alpha value is -2.80. The molecule has 0 bridgehead atoms. The predicted octanol–water partition coefficient (Wildman–Crippen LogP) is 0.290. The van der Waals surface area contributed by atoms with E-state index in [1.165, 1.54) is 15.5 Å². The monoisotopic (exact) mass is 535 g/mol.